The molecule has 2 aliphatic heterocycles. The van der Waals surface area contributed by atoms with Gasteiger partial charge in [-0.05, 0) is 26.8 Å². The van der Waals surface area contributed by atoms with Crippen LogP contribution in [-0.4, -0.2) is 49.8 Å². The Morgan fingerprint density at radius 3 is 2.78 bits per heavy atom. The lowest BCUT2D eigenvalue weighted by molar-refractivity contribution is -0.222. The minimum Gasteiger partial charge on any atom is -0.393 e. The van der Waals surface area contributed by atoms with E-state index in [4.69, 9.17) is 25.8 Å². The number of aliphatic hydroxyl groups is 1. The second-order valence-electron chi connectivity index (χ2n) is 6.62. The highest BCUT2D eigenvalue weighted by atomic mass is 35.5. The van der Waals surface area contributed by atoms with Gasteiger partial charge in [0.05, 0.1) is 12.0 Å². The van der Waals surface area contributed by atoms with E-state index >= 15 is 0 Å². The van der Waals surface area contributed by atoms with E-state index in [0.717, 1.165) is 5.39 Å². The minimum atomic E-state index is -0.851. The van der Waals surface area contributed by atoms with Gasteiger partial charge in [-0.15, -0.1) is 0 Å². The Labute approximate surface area is 138 Å². The maximum atomic E-state index is 9.80. The molecule has 1 N–H and O–H groups in total. The fraction of sp³-hybridized carbons (Fsp3) is 0.600. The monoisotopic (exact) mass is 339 g/mol. The lowest BCUT2D eigenvalue weighted by Crippen LogP contribution is -2.43. The van der Waals surface area contributed by atoms with Crippen LogP contribution in [-0.2, 0) is 14.2 Å². The van der Waals surface area contributed by atoms with Gasteiger partial charge >= 0.3 is 0 Å². The van der Waals surface area contributed by atoms with Gasteiger partial charge in [0.1, 0.15) is 34.9 Å². The van der Waals surface area contributed by atoms with Crippen LogP contribution in [0.25, 0.3) is 11.0 Å². The van der Waals surface area contributed by atoms with E-state index in [9.17, 15) is 5.11 Å². The molecule has 0 unspecified atom stereocenters. The zero-order valence-corrected chi connectivity index (χ0v) is 13.8. The van der Waals surface area contributed by atoms with E-state index in [1.807, 2.05) is 37.6 Å². The first kappa shape index (κ1) is 15.3. The molecular formula is C15H18ClN3O4. The van der Waals surface area contributed by atoms with Crippen molar-refractivity contribution in [2.24, 2.45) is 0 Å². The van der Waals surface area contributed by atoms with Crippen LogP contribution in [0.15, 0.2) is 18.6 Å². The Bertz CT molecular complexity index is 764. The highest BCUT2D eigenvalue weighted by Crippen LogP contribution is 2.48. The zero-order chi connectivity index (χ0) is 16.4. The van der Waals surface area contributed by atoms with Crippen LogP contribution in [0.1, 0.15) is 27.0 Å². The number of halogens is 1. The number of nitrogens with zero attached hydrogens (tertiary/aromatic N) is 3. The quantitative estimate of drug-likeness (QED) is 0.842. The minimum absolute atomic E-state index is 0.168. The second kappa shape index (κ2) is 4.87. The summed E-state index contributed by atoms with van der Waals surface area (Å²) in [5.74, 6) is -0.733. The van der Waals surface area contributed by atoms with Crippen LogP contribution in [0.2, 0.25) is 5.15 Å². The molecule has 0 saturated carbocycles. The largest absolute Gasteiger partial charge is 0.393 e. The van der Waals surface area contributed by atoms with Gasteiger partial charge in [-0.25, -0.2) is 9.97 Å². The first-order chi connectivity index (χ1) is 10.8. The second-order valence-corrected chi connectivity index (χ2v) is 6.98. The Balaban J connectivity index is 1.80. The third kappa shape index (κ3) is 2.19. The lowest BCUT2D eigenvalue weighted by Gasteiger charge is -2.30. The summed E-state index contributed by atoms with van der Waals surface area (Å²) < 4.78 is 20.0. The molecule has 0 spiro atoms. The van der Waals surface area contributed by atoms with Gasteiger partial charge in [0.2, 0.25) is 0 Å². The molecule has 4 rings (SSSR count). The molecule has 124 valence electrons. The molecule has 4 heterocycles. The molecule has 2 aromatic heterocycles. The van der Waals surface area contributed by atoms with Crippen LogP contribution in [0.4, 0.5) is 0 Å². The maximum absolute atomic E-state index is 9.80. The van der Waals surface area contributed by atoms with Gasteiger partial charge in [0.25, 0.3) is 0 Å². The van der Waals surface area contributed by atoms with E-state index in [2.05, 4.69) is 9.97 Å². The Morgan fingerprint density at radius 1 is 1.26 bits per heavy atom. The lowest BCUT2D eigenvalue weighted by atomic mass is 9.99. The van der Waals surface area contributed by atoms with Crippen molar-refractivity contribution in [2.45, 2.75) is 50.6 Å². The molecule has 4 atom stereocenters. The summed E-state index contributed by atoms with van der Waals surface area (Å²) in [5, 5.41) is 10.9. The van der Waals surface area contributed by atoms with Gasteiger partial charge in [-0.3, -0.25) is 0 Å². The van der Waals surface area contributed by atoms with Gasteiger partial charge in [0, 0.05) is 6.20 Å². The van der Waals surface area contributed by atoms with Crippen LogP contribution < -0.4 is 0 Å². The molecule has 23 heavy (non-hydrogen) atoms. The molecule has 7 nitrogen and oxygen atoms in total. The van der Waals surface area contributed by atoms with Crippen molar-refractivity contribution >= 4 is 22.6 Å². The van der Waals surface area contributed by atoms with Gasteiger partial charge in [-0.1, -0.05) is 11.6 Å². The fourth-order valence-corrected chi connectivity index (χ4v) is 3.56. The molecule has 0 bridgehead atoms. The molecule has 2 aromatic rings. The van der Waals surface area contributed by atoms with Crippen molar-refractivity contribution < 1.29 is 19.3 Å². The topological polar surface area (TPSA) is 78.6 Å². The summed E-state index contributed by atoms with van der Waals surface area (Å²) in [6.45, 7) is 5.36. The first-order valence-electron chi connectivity index (χ1n) is 7.46. The predicted octanol–water partition coefficient (Wildman–Crippen LogP) is 1.88. The van der Waals surface area contributed by atoms with Crippen molar-refractivity contribution in [2.75, 3.05) is 6.61 Å². The molecule has 2 saturated heterocycles. The highest BCUT2D eigenvalue weighted by Gasteiger charge is 2.61. The molecule has 0 amide bonds. The number of fused-ring (bicyclic) bond motifs is 2. The van der Waals surface area contributed by atoms with Crippen LogP contribution in [0.5, 0.6) is 0 Å². The summed E-state index contributed by atoms with van der Waals surface area (Å²) in [6.07, 6.45) is 2.05. The van der Waals surface area contributed by atoms with Gasteiger partial charge in [0.15, 0.2) is 12.0 Å². The predicted molar refractivity (Wildman–Crippen MR) is 82.0 cm³/mol. The number of aliphatic hydroxyl groups excluding tert-OH is 1. The summed E-state index contributed by atoms with van der Waals surface area (Å²) in [7, 11) is 0. The van der Waals surface area contributed by atoms with Crippen molar-refractivity contribution in [3.05, 3.63) is 23.7 Å². The van der Waals surface area contributed by atoms with Crippen LogP contribution >= 0.6 is 11.6 Å². The SMILES string of the molecule is CC1(C)O[C@H]2[C@H](n3ccc4c(Cl)ncnc43)O[C@@](C)(CO)[C@H]2O1. The third-order valence-electron chi connectivity index (χ3n) is 4.45. The molecule has 0 aliphatic carbocycles. The van der Waals surface area contributed by atoms with Crippen molar-refractivity contribution in [3.63, 3.8) is 0 Å². The van der Waals surface area contributed by atoms with E-state index in [1.54, 1.807) is 0 Å². The Kier molecular flexibility index (Phi) is 3.24. The first-order valence-corrected chi connectivity index (χ1v) is 7.84. The summed E-state index contributed by atoms with van der Waals surface area (Å²) in [5.41, 5.74) is -0.194. The number of hydrogen-bond acceptors (Lipinski definition) is 6. The van der Waals surface area contributed by atoms with E-state index in [-0.39, 0.29) is 18.8 Å². The van der Waals surface area contributed by atoms with E-state index in [1.165, 1.54) is 6.33 Å². The van der Waals surface area contributed by atoms with Crippen molar-refractivity contribution in [1.29, 1.82) is 0 Å². The van der Waals surface area contributed by atoms with Crippen LogP contribution in [0.3, 0.4) is 0 Å². The van der Waals surface area contributed by atoms with Crippen molar-refractivity contribution in [1.82, 2.24) is 14.5 Å². The highest BCUT2D eigenvalue weighted by molar-refractivity contribution is 6.33. The molecular weight excluding hydrogens is 322 g/mol. The summed E-state index contributed by atoms with van der Waals surface area (Å²) in [6, 6.07) is 1.84. The normalized spacial score (nSPS) is 35.8. The number of aromatic nitrogens is 3. The number of rotatable bonds is 2. The molecule has 0 radical (unpaired) electrons. The average molecular weight is 340 g/mol. The smallest absolute Gasteiger partial charge is 0.165 e. The Hall–Kier alpha value is -1.25. The zero-order valence-electron chi connectivity index (χ0n) is 13.1. The average Bonchev–Trinajstić information content (AvgIpc) is 3.12. The molecule has 2 fully saturated rings. The number of ether oxygens (including phenoxy) is 3. The summed E-state index contributed by atoms with van der Waals surface area (Å²) >= 11 is 6.12. The Morgan fingerprint density at radius 2 is 2.04 bits per heavy atom. The third-order valence-corrected chi connectivity index (χ3v) is 4.75. The van der Waals surface area contributed by atoms with Crippen molar-refractivity contribution in [3.8, 4) is 0 Å². The fourth-order valence-electron chi connectivity index (χ4n) is 3.37. The van der Waals surface area contributed by atoms with Gasteiger partial charge in [-0.2, -0.15) is 0 Å². The summed E-state index contributed by atoms with van der Waals surface area (Å²) in [4.78, 5) is 8.29. The van der Waals surface area contributed by atoms with Crippen LogP contribution in [0, 0.1) is 0 Å². The van der Waals surface area contributed by atoms with E-state index < -0.39 is 17.6 Å². The number of hydrogen-bond donors (Lipinski definition) is 1. The molecule has 0 aromatic carbocycles. The standard InChI is InChI=1S/C15H18ClN3O4/c1-14(2)21-9-10(22-14)15(3,6-20)23-13(9)19-5-4-8-11(16)17-7-18-12(8)19/h4-5,7,9-10,13,20H,6H2,1-3H3/t9-,10+,13-,15+/m1/s1. The van der Waals surface area contributed by atoms with Gasteiger partial charge < -0.3 is 23.9 Å². The maximum Gasteiger partial charge on any atom is 0.165 e. The van der Waals surface area contributed by atoms with E-state index in [0.29, 0.717) is 10.8 Å². The molecule has 8 heteroatoms. The molecule has 2 aliphatic rings.